The number of ether oxygens (including phenoxy) is 4. The van der Waals surface area contributed by atoms with Crippen LogP contribution in [0.5, 0.6) is 17.2 Å². The van der Waals surface area contributed by atoms with E-state index in [0.717, 1.165) is 12.5 Å². The van der Waals surface area contributed by atoms with Gasteiger partial charge in [0.2, 0.25) is 10.0 Å². The van der Waals surface area contributed by atoms with Crippen molar-refractivity contribution in [1.29, 1.82) is 0 Å². The third-order valence-corrected chi connectivity index (χ3v) is 5.76. The van der Waals surface area contributed by atoms with Gasteiger partial charge in [-0.3, -0.25) is 4.79 Å². The molecule has 0 aliphatic carbocycles. The molecule has 0 spiro atoms. The number of fused-ring (bicyclic) bond motifs is 1. The second-order valence-electron chi connectivity index (χ2n) is 6.41. The zero-order chi connectivity index (χ0) is 22.4. The maximum absolute atomic E-state index is 12.3. The van der Waals surface area contributed by atoms with Gasteiger partial charge in [0.05, 0.1) is 25.9 Å². The maximum Gasteiger partial charge on any atom is 0.338 e. The normalized spacial score (nSPS) is 13.1. The highest BCUT2D eigenvalue weighted by atomic mass is 32.2. The quantitative estimate of drug-likeness (QED) is 0.608. The second kappa shape index (κ2) is 9.67. The monoisotopic (exact) mass is 450 g/mol. The molecule has 10 nitrogen and oxygen atoms in total. The molecule has 1 heterocycles. The van der Waals surface area contributed by atoms with Gasteiger partial charge in [0.25, 0.3) is 5.91 Å². The fraction of sp³-hybridized carbons (Fsp3) is 0.300. The van der Waals surface area contributed by atoms with Gasteiger partial charge < -0.3 is 24.3 Å². The second-order valence-corrected chi connectivity index (χ2v) is 8.26. The van der Waals surface area contributed by atoms with Crippen LogP contribution in [0.15, 0.2) is 41.3 Å². The van der Waals surface area contributed by atoms with E-state index in [2.05, 4.69) is 10.0 Å². The van der Waals surface area contributed by atoms with Gasteiger partial charge in [-0.05, 0) is 37.4 Å². The highest BCUT2D eigenvalue weighted by Gasteiger charge is 2.21. The fourth-order valence-electron chi connectivity index (χ4n) is 2.78. The Hall–Kier alpha value is -3.31. The summed E-state index contributed by atoms with van der Waals surface area (Å²) >= 11 is 0. The van der Waals surface area contributed by atoms with Crippen LogP contribution in [0, 0.1) is 0 Å². The summed E-state index contributed by atoms with van der Waals surface area (Å²) in [5.74, 6) is -0.251. The number of nitrogens with one attached hydrogen (secondary N) is 2. The summed E-state index contributed by atoms with van der Waals surface area (Å²) in [6.07, 6.45) is 0.759. The first-order valence-corrected chi connectivity index (χ1v) is 10.8. The smallest absolute Gasteiger partial charge is 0.338 e. The van der Waals surface area contributed by atoms with Crippen molar-refractivity contribution >= 4 is 27.6 Å². The molecule has 0 bridgehead atoms. The zero-order valence-corrected chi connectivity index (χ0v) is 17.8. The van der Waals surface area contributed by atoms with Crippen LogP contribution >= 0.6 is 0 Å². The number of amides is 1. The van der Waals surface area contributed by atoms with Gasteiger partial charge in [0.15, 0.2) is 18.1 Å². The highest BCUT2D eigenvalue weighted by molar-refractivity contribution is 7.89. The van der Waals surface area contributed by atoms with Gasteiger partial charge in [-0.15, -0.1) is 0 Å². The van der Waals surface area contributed by atoms with Crippen molar-refractivity contribution in [3.63, 3.8) is 0 Å². The van der Waals surface area contributed by atoms with Gasteiger partial charge in [-0.2, -0.15) is 0 Å². The Morgan fingerprint density at radius 1 is 1.06 bits per heavy atom. The Balaban J connectivity index is 1.64. The first kappa shape index (κ1) is 22.4. The molecular weight excluding hydrogens is 428 g/mol. The Morgan fingerprint density at radius 2 is 1.81 bits per heavy atom. The topological polar surface area (TPSA) is 129 Å². The SMILES string of the molecule is CNS(=O)(=O)c1cc(C(=O)OCC(=O)Nc2ccc3c(c2)OCCCO3)ccc1OC. The first-order valence-electron chi connectivity index (χ1n) is 9.32. The average Bonchev–Trinajstić information content (AvgIpc) is 3.02. The standard InChI is InChI=1S/C20H22N2O8S/c1-21-31(25,26)18-10-13(4-6-16(18)27-2)20(24)30-12-19(23)22-14-5-7-15-17(11-14)29-9-3-8-28-15/h4-7,10-11,21H,3,8-9,12H2,1-2H3,(H,22,23). The summed E-state index contributed by atoms with van der Waals surface area (Å²) in [5, 5.41) is 2.60. The van der Waals surface area contributed by atoms with E-state index in [1.807, 2.05) is 0 Å². The summed E-state index contributed by atoms with van der Waals surface area (Å²) in [5.41, 5.74) is 0.412. The van der Waals surface area contributed by atoms with E-state index >= 15 is 0 Å². The molecule has 0 atom stereocenters. The highest BCUT2D eigenvalue weighted by Crippen LogP contribution is 2.32. The van der Waals surface area contributed by atoms with Crippen LogP contribution in [0.25, 0.3) is 0 Å². The molecule has 0 saturated heterocycles. The number of carbonyl (C=O) groups excluding carboxylic acids is 2. The van der Waals surface area contributed by atoms with Gasteiger partial charge in [0, 0.05) is 18.2 Å². The summed E-state index contributed by atoms with van der Waals surface area (Å²) in [6, 6.07) is 8.75. The van der Waals surface area contributed by atoms with Crippen molar-refractivity contribution in [2.75, 3.05) is 39.3 Å². The zero-order valence-electron chi connectivity index (χ0n) is 17.0. The van der Waals surface area contributed by atoms with Crippen LogP contribution in [-0.2, 0) is 19.6 Å². The van der Waals surface area contributed by atoms with Crippen molar-refractivity contribution in [3.8, 4) is 17.2 Å². The Bertz CT molecular complexity index is 1080. The summed E-state index contributed by atoms with van der Waals surface area (Å²) < 4.78 is 47.5. The number of esters is 1. The predicted octanol–water partition coefficient (Wildman–Crippen LogP) is 1.56. The molecule has 3 rings (SSSR count). The average molecular weight is 450 g/mol. The largest absolute Gasteiger partial charge is 0.495 e. The van der Waals surface area contributed by atoms with Gasteiger partial charge in [-0.25, -0.2) is 17.9 Å². The lowest BCUT2D eigenvalue weighted by atomic mass is 10.2. The minimum Gasteiger partial charge on any atom is -0.495 e. The lowest BCUT2D eigenvalue weighted by molar-refractivity contribution is -0.119. The van der Waals surface area contributed by atoms with E-state index < -0.39 is 28.5 Å². The van der Waals surface area contributed by atoms with E-state index in [0.29, 0.717) is 30.4 Å². The van der Waals surface area contributed by atoms with E-state index in [4.69, 9.17) is 18.9 Å². The number of sulfonamides is 1. The molecule has 0 radical (unpaired) electrons. The number of carbonyl (C=O) groups is 2. The third kappa shape index (κ3) is 5.44. The van der Waals surface area contributed by atoms with E-state index in [1.54, 1.807) is 18.2 Å². The van der Waals surface area contributed by atoms with Gasteiger partial charge in [0.1, 0.15) is 10.6 Å². The molecule has 1 amide bonds. The molecule has 2 N–H and O–H groups in total. The number of hydrogen-bond donors (Lipinski definition) is 2. The Morgan fingerprint density at radius 3 is 2.52 bits per heavy atom. The molecule has 0 aromatic heterocycles. The molecule has 0 unspecified atom stereocenters. The van der Waals surface area contributed by atoms with Crippen molar-refractivity contribution in [1.82, 2.24) is 4.72 Å². The van der Waals surface area contributed by atoms with Crippen LogP contribution in [0.3, 0.4) is 0 Å². The molecule has 0 saturated carbocycles. The fourth-order valence-corrected chi connectivity index (χ4v) is 3.69. The summed E-state index contributed by atoms with van der Waals surface area (Å²) in [6.45, 7) is 0.500. The van der Waals surface area contributed by atoms with E-state index in [9.17, 15) is 18.0 Å². The Kier molecular flexibility index (Phi) is 6.98. The number of benzene rings is 2. The lowest BCUT2D eigenvalue weighted by Gasteiger charge is -2.12. The van der Waals surface area contributed by atoms with Crippen molar-refractivity contribution in [3.05, 3.63) is 42.0 Å². The Labute approximate surface area is 179 Å². The number of hydrogen-bond acceptors (Lipinski definition) is 8. The molecule has 31 heavy (non-hydrogen) atoms. The summed E-state index contributed by atoms with van der Waals surface area (Å²) in [7, 11) is -1.31. The third-order valence-electron chi connectivity index (χ3n) is 4.32. The minimum absolute atomic E-state index is 0.0435. The van der Waals surface area contributed by atoms with Gasteiger partial charge in [-0.1, -0.05) is 0 Å². The van der Waals surface area contributed by atoms with Crippen LogP contribution in [0.1, 0.15) is 16.8 Å². The van der Waals surface area contributed by atoms with Crippen LogP contribution in [0.4, 0.5) is 5.69 Å². The number of rotatable bonds is 7. The molecule has 166 valence electrons. The minimum atomic E-state index is -3.86. The molecule has 11 heteroatoms. The molecular formula is C20H22N2O8S. The maximum atomic E-state index is 12.3. The molecule has 2 aromatic carbocycles. The van der Waals surface area contributed by atoms with Crippen molar-refractivity contribution in [2.24, 2.45) is 0 Å². The lowest BCUT2D eigenvalue weighted by Crippen LogP contribution is -2.22. The number of methoxy groups -OCH3 is 1. The molecule has 1 aliphatic heterocycles. The van der Waals surface area contributed by atoms with Crippen LogP contribution in [-0.4, -0.2) is 54.3 Å². The van der Waals surface area contributed by atoms with Crippen molar-refractivity contribution in [2.45, 2.75) is 11.3 Å². The predicted molar refractivity (Wildman–Crippen MR) is 110 cm³/mol. The van der Waals surface area contributed by atoms with Crippen molar-refractivity contribution < 1.29 is 37.0 Å². The molecule has 0 fully saturated rings. The first-order chi connectivity index (χ1) is 14.8. The van der Waals surface area contributed by atoms with Gasteiger partial charge >= 0.3 is 5.97 Å². The van der Waals surface area contributed by atoms with Crippen LogP contribution < -0.4 is 24.2 Å². The molecule has 1 aliphatic rings. The van der Waals surface area contributed by atoms with E-state index in [1.165, 1.54) is 26.3 Å². The number of anilines is 1. The summed E-state index contributed by atoms with van der Waals surface area (Å²) in [4.78, 5) is 24.3. The van der Waals surface area contributed by atoms with E-state index in [-0.39, 0.29) is 16.2 Å². The van der Waals surface area contributed by atoms with Crippen LogP contribution in [0.2, 0.25) is 0 Å². The molecule has 2 aromatic rings.